The molecule has 1 atom stereocenters. The van der Waals surface area contributed by atoms with Gasteiger partial charge in [0, 0.05) is 30.9 Å². The molecule has 1 amide bonds. The monoisotopic (exact) mass is 421 g/mol. The number of hydrogen-bond acceptors (Lipinski definition) is 8. The summed E-state index contributed by atoms with van der Waals surface area (Å²) in [6.45, 7) is 9.12. The first kappa shape index (κ1) is 22.9. The van der Waals surface area contributed by atoms with E-state index >= 15 is 0 Å². The molecule has 2 saturated heterocycles. The maximum absolute atomic E-state index is 11.9. The fraction of sp³-hybridized carbons (Fsp3) is 0.750. The van der Waals surface area contributed by atoms with Crippen LogP contribution in [0.15, 0.2) is 12.4 Å². The topological polar surface area (TPSA) is 114 Å². The molecule has 0 unspecified atom stereocenters. The van der Waals surface area contributed by atoms with Crippen molar-refractivity contribution < 1.29 is 29.1 Å². The van der Waals surface area contributed by atoms with Crippen LogP contribution in [0.3, 0.4) is 0 Å². The third-order valence-corrected chi connectivity index (χ3v) is 6.31. The first-order chi connectivity index (χ1) is 14.1. The number of amides is 1. The second-order valence-electron chi connectivity index (χ2n) is 8.99. The molecule has 0 saturated carbocycles. The fourth-order valence-electron chi connectivity index (χ4n) is 3.55. The highest BCUT2D eigenvalue weighted by Crippen LogP contribution is 2.36. The van der Waals surface area contributed by atoms with Crippen LogP contribution >= 0.6 is 0 Å². The van der Waals surface area contributed by atoms with Crippen molar-refractivity contribution >= 4 is 18.5 Å². The summed E-state index contributed by atoms with van der Waals surface area (Å²) in [6, 6.07) is 0.314. The number of piperidine rings is 1. The van der Waals surface area contributed by atoms with E-state index in [-0.39, 0.29) is 0 Å². The first-order valence-corrected chi connectivity index (χ1v) is 10.5. The maximum Gasteiger partial charge on any atom is 0.498 e. The minimum atomic E-state index is -1.32. The third-order valence-electron chi connectivity index (χ3n) is 6.31. The number of likely N-dealkylation sites (tertiary alicyclic amines) is 1. The van der Waals surface area contributed by atoms with Gasteiger partial charge in [-0.25, -0.2) is 9.97 Å². The number of ether oxygens (including phenoxy) is 1. The summed E-state index contributed by atoms with van der Waals surface area (Å²) in [4.78, 5) is 22.0. The van der Waals surface area contributed by atoms with E-state index < -0.39 is 36.9 Å². The molecule has 2 aliphatic rings. The van der Waals surface area contributed by atoms with Crippen molar-refractivity contribution in [3.63, 3.8) is 0 Å². The van der Waals surface area contributed by atoms with E-state index in [4.69, 9.17) is 19.2 Å². The van der Waals surface area contributed by atoms with Crippen molar-refractivity contribution in [3.05, 3.63) is 12.4 Å². The van der Waals surface area contributed by atoms with E-state index in [1.807, 2.05) is 27.7 Å². The number of aliphatic hydroxyl groups excluding tert-OH is 2. The molecule has 1 aromatic rings. The summed E-state index contributed by atoms with van der Waals surface area (Å²) in [7, 11) is -0.499. The van der Waals surface area contributed by atoms with E-state index in [9.17, 15) is 9.90 Å². The van der Waals surface area contributed by atoms with Crippen LogP contribution in [0.25, 0.3) is 0 Å². The number of carbonyl (C=O) groups excluding carboxylic acids is 1. The summed E-state index contributed by atoms with van der Waals surface area (Å²) in [5, 5.41) is 18.4. The van der Waals surface area contributed by atoms with E-state index in [2.05, 4.69) is 9.97 Å². The third kappa shape index (κ3) is 5.11. The van der Waals surface area contributed by atoms with E-state index in [1.165, 1.54) is 0 Å². The zero-order valence-corrected chi connectivity index (χ0v) is 18.2. The molecule has 0 radical (unpaired) electrons. The van der Waals surface area contributed by atoms with Crippen molar-refractivity contribution in [3.8, 4) is 6.01 Å². The van der Waals surface area contributed by atoms with Gasteiger partial charge in [-0.05, 0) is 52.9 Å². The molecule has 2 N–H and O–H groups in total. The predicted octanol–water partition coefficient (Wildman–Crippen LogP) is 0.137. The van der Waals surface area contributed by atoms with Gasteiger partial charge in [0.25, 0.3) is 5.91 Å². The predicted molar refractivity (Wildman–Crippen MR) is 110 cm³/mol. The molecule has 0 aliphatic carbocycles. The van der Waals surface area contributed by atoms with Crippen molar-refractivity contribution in [2.75, 3.05) is 26.3 Å². The average Bonchev–Trinajstić information content (AvgIpc) is 2.95. The van der Waals surface area contributed by atoms with Crippen molar-refractivity contribution in [1.82, 2.24) is 14.9 Å². The van der Waals surface area contributed by atoms with Crippen molar-refractivity contribution in [1.29, 1.82) is 0 Å². The Hall–Kier alpha value is -1.75. The van der Waals surface area contributed by atoms with E-state index in [0.717, 1.165) is 24.7 Å². The Bertz CT molecular complexity index is 706. The zero-order valence-electron chi connectivity index (χ0n) is 18.2. The van der Waals surface area contributed by atoms with Gasteiger partial charge in [0.2, 0.25) is 0 Å². The van der Waals surface area contributed by atoms with Gasteiger partial charge in [-0.2, -0.15) is 0 Å². The summed E-state index contributed by atoms with van der Waals surface area (Å²) in [5.74, 6) is 0.0343. The molecular weight excluding hydrogens is 389 g/mol. The van der Waals surface area contributed by atoms with Crippen LogP contribution in [-0.2, 0) is 14.1 Å². The number of rotatable bonds is 7. The minimum absolute atomic E-state index is 0.314. The largest absolute Gasteiger partial charge is 0.498 e. The zero-order chi connectivity index (χ0) is 21.9. The fourth-order valence-corrected chi connectivity index (χ4v) is 3.55. The number of aromatic nitrogens is 2. The SMILES string of the molecule is CC1(C)OB(c2cnc(OCCC3CCN(C(=O)[C@H](O)CO)CC3)nc2)OC1(C)C. The molecule has 3 heterocycles. The molecule has 10 heteroatoms. The Labute approximate surface area is 177 Å². The molecule has 0 aromatic carbocycles. The molecule has 0 spiro atoms. The number of hydrogen-bond donors (Lipinski definition) is 2. The highest BCUT2D eigenvalue weighted by Gasteiger charge is 2.52. The van der Waals surface area contributed by atoms with Gasteiger partial charge in [0.15, 0.2) is 6.10 Å². The standard InChI is InChI=1S/C20H32BN3O6/c1-19(2)20(3,4)30-21(29-19)15-11-22-18(23-12-15)28-10-7-14-5-8-24(9-6-14)17(27)16(26)13-25/h11-12,14,16,25-26H,5-10,13H2,1-4H3/t16-/m1/s1. The van der Waals surface area contributed by atoms with Crippen LogP contribution in [0.5, 0.6) is 6.01 Å². The minimum Gasteiger partial charge on any atom is -0.463 e. The Kier molecular flexibility index (Phi) is 7.01. The average molecular weight is 421 g/mol. The summed E-state index contributed by atoms with van der Waals surface area (Å²) < 4.78 is 17.7. The molecule has 1 aromatic heterocycles. The highest BCUT2D eigenvalue weighted by molar-refractivity contribution is 6.61. The van der Waals surface area contributed by atoms with Gasteiger partial charge in [-0.3, -0.25) is 4.79 Å². The molecule has 2 fully saturated rings. The van der Waals surface area contributed by atoms with Crippen LogP contribution in [0, 0.1) is 5.92 Å². The number of nitrogens with zero attached hydrogens (tertiary/aromatic N) is 3. The highest BCUT2D eigenvalue weighted by atomic mass is 16.7. The smallest absolute Gasteiger partial charge is 0.463 e. The summed E-state index contributed by atoms with van der Waals surface area (Å²) in [5.41, 5.74) is -0.0741. The lowest BCUT2D eigenvalue weighted by Crippen LogP contribution is -2.45. The second kappa shape index (κ2) is 9.17. The summed E-state index contributed by atoms with van der Waals surface area (Å²) >= 11 is 0. The maximum atomic E-state index is 11.9. The van der Waals surface area contributed by atoms with Gasteiger partial charge in [0.1, 0.15) is 0 Å². The quantitative estimate of drug-likeness (QED) is 0.598. The Morgan fingerprint density at radius 2 is 1.80 bits per heavy atom. The van der Waals surface area contributed by atoms with E-state index in [1.54, 1.807) is 17.3 Å². The molecule has 0 bridgehead atoms. The normalized spacial score (nSPS) is 22.2. The second-order valence-corrected chi connectivity index (χ2v) is 8.99. The van der Waals surface area contributed by atoms with Crippen molar-refractivity contribution in [2.45, 2.75) is 64.3 Å². The lowest BCUT2D eigenvalue weighted by atomic mass is 9.81. The molecule has 9 nitrogen and oxygen atoms in total. The van der Waals surface area contributed by atoms with Gasteiger partial charge < -0.3 is 29.2 Å². The molecule has 166 valence electrons. The van der Waals surface area contributed by atoms with Gasteiger partial charge in [0.05, 0.1) is 24.4 Å². The van der Waals surface area contributed by atoms with Gasteiger partial charge in [-0.1, -0.05) is 0 Å². The van der Waals surface area contributed by atoms with Gasteiger partial charge in [-0.15, -0.1) is 0 Å². The van der Waals surface area contributed by atoms with Crippen LogP contribution in [0.4, 0.5) is 0 Å². The number of carbonyl (C=O) groups is 1. The lowest BCUT2D eigenvalue weighted by Gasteiger charge is -2.32. The van der Waals surface area contributed by atoms with Crippen LogP contribution in [0.2, 0.25) is 0 Å². The molecule has 30 heavy (non-hydrogen) atoms. The molecule has 2 aliphatic heterocycles. The van der Waals surface area contributed by atoms with Crippen LogP contribution < -0.4 is 10.2 Å². The van der Waals surface area contributed by atoms with Gasteiger partial charge >= 0.3 is 13.1 Å². The van der Waals surface area contributed by atoms with Crippen LogP contribution in [-0.4, -0.2) is 81.7 Å². The lowest BCUT2D eigenvalue weighted by molar-refractivity contribution is -0.143. The van der Waals surface area contributed by atoms with E-state index in [0.29, 0.717) is 31.6 Å². The molecule has 3 rings (SSSR count). The molecular formula is C20H32BN3O6. The Balaban J connectivity index is 1.41. The Morgan fingerprint density at radius 1 is 1.23 bits per heavy atom. The Morgan fingerprint density at radius 3 is 2.33 bits per heavy atom. The van der Waals surface area contributed by atoms with Crippen molar-refractivity contribution in [2.24, 2.45) is 5.92 Å². The summed E-state index contributed by atoms with van der Waals surface area (Å²) in [6.07, 6.45) is 4.54. The number of aliphatic hydroxyl groups is 2. The first-order valence-electron chi connectivity index (χ1n) is 10.5. The van der Waals surface area contributed by atoms with Crippen LogP contribution in [0.1, 0.15) is 47.0 Å².